The van der Waals surface area contributed by atoms with E-state index in [2.05, 4.69) is 5.43 Å². The zero-order chi connectivity index (χ0) is 13.3. The first kappa shape index (κ1) is 12.1. The molecule has 0 atom stereocenters. The van der Waals surface area contributed by atoms with Crippen LogP contribution in [-0.4, -0.2) is 24.0 Å². The molecule has 18 heavy (non-hydrogen) atoms. The summed E-state index contributed by atoms with van der Waals surface area (Å²) >= 11 is 0. The molecular formula is C11H11N3O4. The number of benzene rings is 1. The highest BCUT2D eigenvalue weighted by Gasteiger charge is 2.24. The van der Waals surface area contributed by atoms with Gasteiger partial charge < -0.3 is 9.84 Å². The lowest BCUT2D eigenvalue weighted by Crippen LogP contribution is -2.22. The first-order valence-corrected chi connectivity index (χ1v) is 5.15. The zero-order valence-corrected chi connectivity index (χ0v) is 9.84. The Morgan fingerprint density at radius 3 is 2.61 bits per heavy atom. The van der Waals surface area contributed by atoms with Crippen LogP contribution < -0.4 is 11.1 Å². The van der Waals surface area contributed by atoms with Crippen molar-refractivity contribution in [1.29, 1.82) is 0 Å². The Balaban J connectivity index is 2.85. The number of hydrazine groups is 1. The van der Waals surface area contributed by atoms with Gasteiger partial charge in [0.25, 0.3) is 0 Å². The molecule has 2 aromatic rings. The van der Waals surface area contributed by atoms with E-state index in [4.69, 9.17) is 4.42 Å². The average Bonchev–Trinajstić information content (AvgIpc) is 2.27. The van der Waals surface area contributed by atoms with Crippen LogP contribution in [0.4, 0.5) is 11.4 Å². The van der Waals surface area contributed by atoms with Gasteiger partial charge in [0.1, 0.15) is 11.3 Å². The van der Waals surface area contributed by atoms with Gasteiger partial charge >= 0.3 is 11.3 Å². The van der Waals surface area contributed by atoms with E-state index in [1.54, 1.807) is 38.4 Å². The Kier molecular flexibility index (Phi) is 2.99. The molecule has 0 spiro atoms. The van der Waals surface area contributed by atoms with Crippen molar-refractivity contribution in [3.05, 3.63) is 44.8 Å². The van der Waals surface area contributed by atoms with Crippen molar-refractivity contribution in [2.45, 2.75) is 0 Å². The van der Waals surface area contributed by atoms with Gasteiger partial charge in [0.2, 0.25) is 0 Å². The van der Waals surface area contributed by atoms with E-state index in [0.29, 0.717) is 11.0 Å². The molecule has 0 amide bonds. The molecule has 1 aromatic heterocycles. The Morgan fingerprint density at radius 1 is 1.33 bits per heavy atom. The fraction of sp³-hybridized carbons (Fsp3) is 0.182. The minimum absolute atomic E-state index is 0.136. The van der Waals surface area contributed by atoms with E-state index in [1.165, 1.54) is 5.01 Å². The fourth-order valence-electron chi connectivity index (χ4n) is 1.64. The number of rotatable bonds is 3. The molecule has 0 saturated heterocycles. The number of fused-ring (bicyclic) bond motifs is 1. The maximum Gasteiger partial charge on any atom is 0.417 e. The Morgan fingerprint density at radius 2 is 2.00 bits per heavy atom. The Hall–Kier alpha value is -2.41. The van der Waals surface area contributed by atoms with Gasteiger partial charge in [-0.1, -0.05) is 12.1 Å². The molecule has 0 fully saturated rings. The lowest BCUT2D eigenvalue weighted by atomic mass is 10.2. The molecule has 1 N–H and O–H groups in total. The molecule has 1 aromatic carbocycles. The van der Waals surface area contributed by atoms with Crippen LogP contribution in [0, 0.1) is 10.1 Å². The number of nitro groups is 1. The second-order valence-corrected chi connectivity index (χ2v) is 3.87. The molecule has 0 radical (unpaired) electrons. The SMILES string of the molecule is CN(C)Nc1c([N+](=O)[O-])c(=O)oc2ccccc12. The third-order valence-corrected chi connectivity index (χ3v) is 2.31. The van der Waals surface area contributed by atoms with Crippen molar-refractivity contribution in [3.8, 4) is 0 Å². The van der Waals surface area contributed by atoms with Crippen molar-refractivity contribution < 1.29 is 9.34 Å². The summed E-state index contributed by atoms with van der Waals surface area (Å²) in [5.74, 6) is 0. The van der Waals surface area contributed by atoms with E-state index < -0.39 is 16.2 Å². The number of hydrogen-bond acceptors (Lipinski definition) is 6. The monoisotopic (exact) mass is 249 g/mol. The van der Waals surface area contributed by atoms with Crippen molar-refractivity contribution in [2.75, 3.05) is 19.5 Å². The van der Waals surface area contributed by atoms with Crippen molar-refractivity contribution >= 4 is 22.3 Å². The highest BCUT2D eigenvalue weighted by molar-refractivity contribution is 5.94. The lowest BCUT2D eigenvalue weighted by molar-refractivity contribution is -0.386. The standard InChI is InChI=1S/C11H11N3O4/c1-13(2)12-9-7-5-3-4-6-8(7)18-11(15)10(9)14(16)17/h3-6,12H,1-2H3. The minimum Gasteiger partial charge on any atom is -0.418 e. The highest BCUT2D eigenvalue weighted by atomic mass is 16.6. The van der Waals surface area contributed by atoms with Gasteiger partial charge in [0.15, 0.2) is 0 Å². The van der Waals surface area contributed by atoms with Gasteiger partial charge in [-0.3, -0.25) is 10.1 Å². The smallest absolute Gasteiger partial charge is 0.417 e. The summed E-state index contributed by atoms with van der Waals surface area (Å²) in [5.41, 5.74) is 1.64. The largest absolute Gasteiger partial charge is 0.418 e. The first-order chi connectivity index (χ1) is 8.50. The quantitative estimate of drug-likeness (QED) is 0.504. The first-order valence-electron chi connectivity index (χ1n) is 5.15. The van der Waals surface area contributed by atoms with Crippen LogP contribution in [0.1, 0.15) is 0 Å². The summed E-state index contributed by atoms with van der Waals surface area (Å²) in [4.78, 5) is 21.8. The number of para-hydroxylation sites is 1. The predicted octanol–water partition coefficient (Wildman–Crippen LogP) is 1.59. The maximum atomic E-state index is 11.6. The van der Waals surface area contributed by atoms with Crippen LogP contribution in [0.25, 0.3) is 11.0 Å². The van der Waals surface area contributed by atoms with Crippen molar-refractivity contribution in [3.63, 3.8) is 0 Å². The summed E-state index contributed by atoms with van der Waals surface area (Å²) < 4.78 is 4.92. The summed E-state index contributed by atoms with van der Waals surface area (Å²) in [5, 5.41) is 13.0. The van der Waals surface area contributed by atoms with E-state index in [1.807, 2.05) is 0 Å². The summed E-state index contributed by atoms with van der Waals surface area (Å²) in [6, 6.07) is 6.64. The highest BCUT2D eigenvalue weighted by Crippen LogP contribution is 2.29. The molecule has 2 rings (SSSR count). The molecule has 0 unspecified atom stereocenters. The van der Waals surface area contributed by atoms with Crippen LogP contribution in [0.5, 0.6) is 0 Å². The summed E-state index contributed by atoms with van der Waals surface area (Å²) in [7, 11) is 3.35. The molecule has 7 nitrogen and oxygen atoms in total. The maximum absolute atomic E-state index is 11.6. The number of anilines is 1. The van der Waals surface area contributed by atoms with Crippen LogP contribution in [-0.2, 0) is 0 Å². The van der Waals surface area contributed by atoms with Crippen LogP contribution in [0.2, 0.25) is 0 Å². The third kappa shape index (κ3) is 2.03. The topological polar surface area (TPSA) is 88.6 Å². The summed E-state index contributed by atoms with van der Waals surface area (Å²) in [6.07, 6.45) is 0. The molecular weight excluding hydrogens is 238 g/mol. The van der Waals surface area contributed by atoms with Crippen LogP contribution in [0.3, 0.4) is 0 Å². The van der Waals surface area contributed by atoms with Crippen LogP contribution >= 0.6 is 0 Å². The van der Waals surface area contributed by atoms with Gasteiger partial charge in [-0.05, 0) is 12.1 Å². The van der Waals surface area contributed by atoms with E-state index >= 15 is 0 Å². The predicted molar refractivity (Wildman–Crippen MR) is 66.4 cm³/mol. The second-order valence-electron chi connectivity index (χ2n) is 3.87. The van der Waals surface area contributed by atoms with E-state index in [-0.39, 0.29) is 5.69 Å². The van der Waals surface area contributed by atoms with Gasteiger partial charge in [-0.25, -0.2) is 9.80 Å². The van der Waals surface area contributed by atoms with Gasteiger partial charge in [-0.15, -0.1) is 0 Å². The molecule has 7 heteroatoms. The molecule has 0 aliphatic carbocycles. The summed E-state index contributed by atoms with van der Waals surface area (Å²) in [6.45, 7) is 0. The normalized spacial score (nSPS) is 10.8. The minimum atomic E-state index is -0.969. The van der Waals surface area contributed by atoms with Crippen LogP contribution in [0.15, 0.2) is 33.5 Å². The molecule has 0 saturated carbocycles. The third-order valence-electron chi connectivity index (χ3n) is 2.31. The lowest BCUT2D eigenvalue weighted by Gasteiger charge is -2.14. The average molecular weight is 249 g/mol. The Bertz CT molecular complexity index is 663. The van der Waals surface area contributed by atoms with Gasteiger partial charge in [-0.2, -0.15) is 0 Å². The zero-order valence-electron chi connectivity index (χ0n) is 9.84. The number of hydrogen-bond donors (Lipinski definition) is 1. The number of nitrogens with one attached hydrogen (secondary N) is 1. The van der Waals surface area contributed by atoms with E-state index in [9.17, 15) is 14.9 Å². The van der Waals surface area contributed by atoms with Crippen molar-refractivity contribution in [1.82, 2.24) is 5.01 Å². The van der Waals surface area contributed by atoms with E-state index in [0.717, 1.165) is 0 Å². The second kappa shape index (κ2) is 4.46. The fourth-order valence-corrected chi connectivity index (χ4v) is 1.64. The molecule has 0 aliphatic heterocycles. The molecule has 94 valence electrons. The number of nitrogens with zero attached hydrogens (tertiary/aromatic N) is 2. The van der Waals surface area contributed by atoms with Crippen molar-refractivity contribution in [2.24, 2.45) is 0 Å². The Labute approximate surface area is 102 Å². The molecule has 1 heterocycles. The molecule has 0 bridgehead atoms. The van der Waals surface area contributed by atoms with Gasteiger partial charge in [0.05, 0.1) is 4.92 Å². The van der Waals surface area contributed by atoms with Gasteiger partial charge in [0, 0.05) is 19.5 Å². The molecule has 0 aliphatic rings.